The molecule has 0 bridgehead atoms. The van der Waals surface area contributed by atoms with Gasteiger partial charge in [-0.05, 0) is 95.7 Å². The van der Waals surface area contributed by atoms with E-state index in [1.54, 1.807) is 53.7 Å². The molecular formula is C51H66N12O20. The molecule has 2 fully saturated rings. The second-order valence-corrected chi connectivity index (χ2v) is 20.2. The summed E-state index contributed by atoms with van der Waals surface area (Å²) in [5.74, 6) is -6.35. The van der Waals surface area contributed by atoms with Crippen molar-refractivity contribution in [3.8, 4) is 0 Å². The fraction of sp³-hybridized carbons (Fsp3) is 0.588. The summed E-state index contributed by atoms with van der Waals surface area (Å²) >= 11 is 0. The largest absolute Gasteiger partial charge is 0.463 e. The molecule has 2 aliphatic rings. The molecule has 83 heavy (non-hydrogen) atoms. The van der Waals surface area contributed by atoms with Crippen molar-refractivity contribution in [2.45, 2.75) is 173 Å². The maximum Gasteiger partial charge on any atom is 0.414 e. The molecule has 13 atom stereocenters. The van der Waals surface area contributed by atoms with Crippen molar-refractivity contribution in [1.82, 2.24) is 10.6 Å². The molecule has 450 valence electrons. The highest BCUT2D eigenvalue weighted by Gasteiger charge is 2.56. The van der Waals surface area contributed by atoms with E-state index in [1.165, 1.54) is 55.5 Å². The van der Waals surface area contributed by atoms with Crippen LogP contribution in [0.15, 0.2) is 81.0 Å². The number of alkyl carbamates (subject to hydrolysis) is 2. The number of hydrogen-bond acceptors (Lipinski definition) is 24. The van der Waals surface area contributed by atoms with Gasteiger partial charge in [-0.3, -0.25) is 29.8 Å². The number of azide groups is 3. The molecule has 0 aliphatic carbocycles. The molecule has 32 nitrogen and oxygen atoms in total. The summed E-state index contributed by atoms with van der Waals surface area (Å²) in [6.07, 6.45) is -22.1. The van der Waals surface area contributed by atoms with Gasteiger partial charge in [0.05, 0.1) is 29.8 Å². The van der Waals surface area contributed by atoms with E-state index in [4.69, 9.17) is 56.8 Å². The van der Waals surface area contributed by atoms with Gasteiger partial charge < -0.3 is 56.8 Å². The molecule has 0 saturated carbocycles. The van der Waals surface area contributed by atoms with E-state index >= 15 is 0 Å². The van der Waals surface area contributed by atoms with Gasteiger partial charge in [0.15, 0.2) is 37.0 Å². The van der Waals surface area contributed by atoms with Gasteiger partial charge in [-0.25, -0.2) is 24.2 Å². The highest BCUT2D eigenvalue weighted by atomic mass is 16.8. The Hall–Kier alpha value is -8.76. The Kier molecular flexibility index (Phi) is 25.3. The third-order valence-electron chi connectivity index (χ3n) is 11.2. The maximum absolute atomic E-state index is 14.2. The smallest absolute Gasteiger partial charge is 0.414 e. The highest BCUT2D eigenvalue weighted by Crippen LogP contribution is 2.36. The minimum Gasteiger partial charge on any atom is -0.463 e. The summed E-state index contributed by atoms with van der Waals surface area (Å²) in [6.45, 7) is 12.8. The van der Waals surface area contributed by atoms with Gasteiger partial charge >= 0.3 is 48.0 Å². The first-order valence-corrected chi connectivity index (χ1v) is 25.6. The van der Waals surface area contributed by atoms with Crippen LogP contribution in [0.25, 0.3) is 31.3 Å². The molecule has 2 aromatic carbocycles. The Labute approximate surface area is 475 Å². The van der Waals surface area contributed by atoms with Crippen molar-refractivity contribution >= 4 is 54.0 Å². The summed E-state index contributed by atoms with van der Waals surface area (Å²) < 4.78 is 71.0. The van der Waals surface area contributed by atoms with E-state index in [0.29, 0.717) is 0 Å². The van der Waals surface area contributed by atoms with E-state index in [-0.39, 0.29) is 11.1 Å². The summed E-state index contributed by atoms with van der Waals surface area (Å²) in [5.41, 5.74) is 27.2. The highest BCUT2D eigenvalue weighted by molar-refractivity contribution is 6.01. The molecular weight excluding hydrogens is 1100 g/mol. The number of nitrogens with one attached hydrogen (secondary N) is 2. The lowest BCUT2D eigenvalue weighted by molar-refractivity contribution is -0.309. The zero-order chi connectivity index (χ0) is 61.6. The Morgan fingerprint density at radius 2 is 1.18 bits per heavy atom. The zero-order valence-corrected chi connectivity index (χ0v) is 47.2. The predicted octanol–water partition coefficient (Wildman–Crippen LogP) is 6.50. The Balaban J connectivity index is 2.02. The first kappa shape index (κ1) is 66.7. The summed E-state index contributed by atoms with van der Waals surface area (Å²) in [5, 5.41) is 15.9. The number of esters is 6. The molecule has 0 aromatic heterocycles. The number of ether oxygens (including phenoxy) is 12. The number of aliphatic imine (C=N–C) groups is 1. The second kappa shape index (κ2) is 31.5. The van der Waals surface area contributed by atoms with Crippen molar-refractivity contribution in [3.63, 3.8) is 0 Å². The number of rotatable bonds is 23. The average Bonchev–Trinajstić information content (AvgIpc) is 2.82. The van der Waals surface area contributed by atoms with E-state index in [1.807, 2.05) is 0 Å². The fourth-order valence-electron chi connectivity index (χ4n) is 8.09. The number of benzene rings is 2. The molecule has 2 heterocycles. The summed E-state index contributed by atoms with van der Waals surface area (Å²) in [6, 6.07) is 11.5. The molecule has 2 saturated heterocycles. The first-order valence-electron chi connectivity index (χ1n) is 25.6. The summed E-state index contributed by atoms with van der Waals surface area (Å²) in [7, 11) is 0. The van der Waals surface area contributed by atoms with Crippen molar-refractivity contribution in [2.75, 3.05) is 19.7 Å². The molecule has 4 unspecified atom stereocenters. The average molecular weight is 1170 g/mol. The minimum atomic E-state index is -2.03. The summed E-state index contributed by atoms with van der Waals surface area (Å²) in [4.78, 5) is 118. The Morgan fingerprint density at radius 1 is 0.639 bits per heavy atom. The SMILES string of the molecule is CC(=O)OC[C@@H](O[C@@H]1O[C@H](CN=C(NC(=O)OC(C)(C)C)NC(=O)OC(C)(C)C)C(OC(=O)c2ccccc2)[C@@H]1OC(=O)c1ccccc1)[C@H](O[C@H]1OC([C@@H](C)OC(C)=O)[C@@H](OC(C)=O)[C@H](OC(C)=O)C1N=[N+]=[N-])C(CCN=[N+]=[N-])N=[N+]=[N-]. The Bertz CT molecular complexity index is 2750. The topological polar surface area (TPSA) is 430 Å². The standard InChI is InChI=1S/C51H66N12O20/c1-26(73-28(3)65)37-41(75-30(5)67)40(74-29(4)66)36(60-63-54)45(80-37)81-38(33(59-62-53)22-23-56-61-52)35(25-72-27(2)64)77-46-42(79-44(69)32-20-16-13-17-21-32)39(78-43(68)31-18-14-12-15-19-31)34(76-46)24-55-47(57-48(70)82-50(6,7)8)58-49(71)83-51(9,10)11/h12-21,26,33-42,45-46H,22-25H2,1-11H3,(H2,55,57,58,70,71)/t26-,33?,34-,35-,36?,37?,38-,39?,40-,41-,42+,45-,46+/m1/s1. The minimum absolute atomic E-state index is 0.00375. The molecule has 32 heteroatoms. The quantitative estimate of drug-likeness (QED) is 0.0228. The number of carbonyl (C=O) groups is 8. The van der Waals surface area contributed by atoms with Gasteiger partial charge in [0.25, 0.3) is 0 Å². The third kappa shape index (κ3) is 21.9. The Morgan fingerprint density at radius 3 is 1.66 bits per heavy atom. The van der Waals surface area contributed by atoms with Crippen LogP contribution in [0.3, 0.4) is 0 Å². The maximum atomic E-state index is 14.2. The van der Waals surface area contributed by atoms with Gasteiger partial charge in [-0.2, -0.15) is 0 Å². The van der Waals surface area contributed by atoms with Crippen LogP contribution in [-0.2, 0) is 76.0 Å². The molecule has 2 aromatic rings. The van der Waals surface area contributed by atoms with Gasteiger partial charge in [-0.15, -0.1) is 0 Å². The van der Waals surface area contributed by atoms with Crippen LogP contribution in [-0.4, -0.2) is 164 Å². The van der Waals surface area contributed by atoms with Gasteiger partial charge in [0, 0.05) is 49.0 Å². The van der Waals surface area contributed by atoms with Crippen LogP contribution in [0, 0.1) is 0 Å². The zero-order valence-electron chi connectivity index (χ0n) is 47.2. The normalized spacial score (nSPS) is 22.4. The number of hydrogen-bond donors (Lipinski definition) is 2. The monoisotopic (exact) mass is 1170 g/mol. The van der Waals surface area contributed by atoms with Crippen LogP contribution >= 0.6 is 0 Å². The lowest BCUT2D eigenvalue weighted by atomic mass is 9.93. The predicted molar refractivity (Wildman–Crippen MR) is 283 cm³/mol. The molecule has 2 amide bonds. The van der Waals surface area contributed by atoms with Crippen molar-refractivity contribution in [3.05, 3.63) is 103 Å². The number of guanidine groups is 1. The van der Waals surface area contributed by atoms with E-state index in [2.05, 4.69) is 45.7 Å². The van der Waals surface area contributed by atoms with Gasteiger partial charge in [0.1, 0.15) is 48.3 Å². The first-order chi connectivity index (χ1) is 39.1. The lowest BCUT2D eigenvalue weighted by Crippen LogP contribution is -2.64. The molecule has 2 N–H and O–H groups in total. The van der Waals surface area contributed by atoms with Crippen LogP contribution in [0.4, 0.5) is 9.59 Å². The van der Waals surface area contributed by atoms with E-state index < -0.39 is 171 Å². The molecule has 2 aliphatic heterocycles. The lowest BCUT2D eigenvalue weighted by Gasteiger charge is -2.46. The molecule has 0 radical (unpaired) electrons. The van der Waals surface area contributed by atoms with Crippen LogP contribution in [0.2, 0.25) is 0 Å². The molecule has 0 spiro atoms. The van der Waals surface area contributed by atoms with Crippen LogP contribution in [0.1, 0.15) is 103 Å². The van der Waals surface area contributed by atoms with Crippen molar-refractivity contribution in [2.24, 2.45) is 20.3 Å². The third-order valence-corrected chi connectivity index (χ3v) is 11.2. The van der Waals surface area contributed by atoms with Crippen molar-refractivity contribution in [1.29, 1.82) is 0 Å². The number of carbonyl (C=O) groups excluding carboxylic acids is 8. The van der Waals surface area contributed by atoms with Crippen molar-refractivity contribution < 1.29 is 95.2 Å². The second-order valence-electron chi connectivity index (χ2n) is 20.2. The fourth-order valence-corrected chi connectivity index (χ4v) is 8.09. The number of amides is 2. The van der Waals surface area contributed by atoms with Gasteiger partial charge in [0.2, 0.25) is 5.96 Å². The van der Waals surface area contributed by atoms with E-state index in [9.17, 15) is 54.9 Å². The van der Waals surface area contributed by atoms with Crippen LogP contribution < -0.4 is 10.6 Å². The van der Waals surface area contributed by atoms with Crippen LogP contribution in [0.5, 0.6) is 0 Å². The van der Waals surface area contributed by atoms with Gasteiger partial charge in [-0.1, -0.05) is 51.7 Å². The number of nitrogens with zero attached hydrogens (tertiary/aromatic N) is 10. The van der Waals surface area contributed by atoms with E-state index in [0.717, 1.165) is 27.7 Å². The molecule has 4 rings (SSSR count).